The average molecular weight is 219 g/mol. The summed E-state index contributed by atoms with van der Waals surface area (Å²) in [5, 5.41) is 13.7. The predicted molar refractivity (Wildman–Crippen MR) is 59.4 cm³/mol. The molecule has 0 bridgehead atoms. The Morgan fingerprint density at radius 2 is 2.38 bits per heavy atom. The van der Waals surface area contributed by atoms with Gasteiger partial charge in [0.15, 0.2) is 5.65 Å². The van der Waals surface area contributed by atoms with Gasteiger partial charge in [-0.25, -0.2) is 9.89 Å². The molecule has 0 aromatic carbocycles. The Bertz CT molecular complexity index is 568. The fourth-order valence-corrected chi connectivity index (χ4v) is 1.83. The zero-order chi connectivity index (χ0) is 11.1. The normalized spacial score (nSPS) is 17.6. The lowest BCUT2D eigenvalue weighted by Crippen LogP contribution is -2.20. The van der Waals surface area contributed by atoms with E-state index in [1.165, 1.54) is 17.4 Å². The molecule has 1 aliphatic carbocycles. The Hall–Kier alpha value is -1.85. The summed E-state index contributed by atoms with van der Waals surface area (Å²) in [7, 11) is 0. The Morgan fingerprint density at radius 1 is 1.56 bits per heavy atom. The van der Waals surface area contributed by atoms with E-state index in [0.717, 1.165) is 11.7 Å². The quantitative estimate of drug-likeness (QED) is 0.793. The van der Waals surface area contributed by atoms with Crippen molar-refractivity contribution in [3.8, 4) is 0 Å². The van der Waals surface area contributed by atoms with Crippen molar-refractivity contribution in [2.45, 2.75) is 25.8 Å². The molecule has 0 aliphatic heterocycles. The van der Waals surface area contributed by atoms with Crippen LogP contribution in [0.3, 0.4) is 0 Å². The van der Waals surface area contributed by atoms with E-state index < -0.39 is 0 Å². The summed E-state index contributed by atoms with van der Waals surface area (Å²) in [6.07, 6.45) is 2.56. The summed E-state index contributed by atoms with van der Waals surface area (Å²) in [5.74, 6) is 1.47. The van der Waals surface area contributed by atoms with Crippen LogP contribution >= 0.6 is 0 Å². The molecule has 0 radical (unpaired) electrons. The molecule has 2 N–H and O–H groups in total. The lowest BCUT2D eigenvalue weighted by atomic mass is 10.2. The first-order valence-electron chi connectivity index (χ1n) is 5.45. The third-order valence-electron chi connectivity index (χ3n) is 2.98. The van der Waals surface area contributed by atoms with Gasteiger partial charge in [0.05, 0.1) is 0 Å². The maximum atomic E-state index is 11.3. The van der Waals surface area contributed by atoms with Crippen LogP contribution in [-0.2, 0) is 0 Å². The molecule has 1 aliphatic rings. The van der Waals surface area contributed by atoms with Crippen LogP contribution in [0.4, 0.5) is 5.82 Å². The first-order valence-corrected chi connectivity index (χ1v) is 5.45. The summed E-state index contributed by atoms with van der Waals surface area (Å²) in [6, 6.07) is 4.02. The first-order chi connectivity index (χ1) is 7.74. The minimum atomic E-state index is -0.308. The lowest BCUT2D eigenvalue weighted by molar-refractivity contribution is 0.685. The molecule has 0 amide bonds. The van der Waals surface area contributed by atoms with Crippen LogP contribution in [0.15, 0.2) is 16.9 Å². The molecule has 16 heavy (non-hydrogen) atoms. The molecule has 1 unspecified atom stereocenters. The van der Waals surface area contributed by atoms with E-state index >= 15 is 0 Å². The molecule has 2 heterocycles. The van der Waals surface area contributed by atoms with Crippen molar-refractivity contribution in [2.24, 2.45) is 5.92 Å². The minimum Gasteiger partial charge on any atom is -0.366 e. The summed E-state index contributed by atoms with van der Waals surface area (Å²) < 4.78 is 1.27. The van der Waals surface area contributed by atoms with Gasteiger partial charge in [0.2, 0.25) is 0 Å². The SMILES string of the molecule is CC(Nc1ccc2n[nH]c(=O)n2n1)C1CC1. The summed E-state index contributed by atoms with van der Waals surface area (Å²) >= 11 is 0. The van der Waals surface area contributed by atoms with Gasteiger partial charge in [-0.1, -0.05) is 0 Å². The zero-order valence-corrected chi connectivity index (χ0v) is 8.97. The first kappa shape index (κ1) is 9.38. The van der Waals surface area contributed by atoms with Gasteiger partial charge >= 0.3 is 5.69 Å². The van der Waals surface area contributed by atoms with Gasteiger partial charge < -0.3 is 5.32 Å². The lowest BCUT2D eigenvalue weighted by Gasteiger charge is -2.12. The number of aromatic nitrogens is 4. The van der Waals surface area contributed by atoms with Gasteiger partial charge in [0.25, 0.3) is 0 Å². The minimum absolute atomic E-state index is 0.308. The van der Waals surface area contributed by atoms with Gasteiger partial charge in [-0.05, 0) is 37.8 Å². The summed E-state index contributed by atoms with van der Waals surface area (Å²) in [4.78, 5) is 11.3. The number of rotatable bonds is 3. The molecule has 1 saturated carbocycles. The largest absolute Gasteiger partial charge is 0.366 e. The van der Waals surface area contributed by atoms with Crippen molar-refractivity contribution < 1.29 is 0 Å². The van der Waals surface area contributed by atoms with E-state index in [4.69, 9.17) is 0 Å². The highest BCUT2D eigenvalue weighted by atomic mass is 16.2. The van der Waals surface area contributed by atoms with Crippen molar-refractivity contribution in [1.82, 2.24) is 19.8 Å². The van der Waals surface area contributed by atoms with E-state index in [1.807, 2.05) is 6.07 Å². The Labute approximate surface area is 91.7 Å². The molecule has 0 saturated heterocycles. The number of hydrogen-bond donors (Lipinski definition) is 2. The van der Waals surface area contributed by atoms with Gasteiger partial charge in [-0.2, -0.15) is 9.61 Å². The molecule has 3 rings (SSSR count). The Balaban J connectivity index is 1.91. The number of anilines is 1. The van der Waals surface area contributed by atoms with Crippen molar-refractivity contribution in [2.75, 3.05) is 5.32 Å². The molecular weight excluding hydrogens is 206 g/mol. The molecule has 84 valence electrons. The van der Waals surface area contributed by atoms with Crippen LogP contribution in [0.5, 0.6) is 0 Å². The zero-order valence-electron chi connectivity index (χ0n) is 8.97. The maximum Gasteiger partial charge on any atom is 0.364 e. The Kier molecular flexibility index (Phi) is 1.95. The van der Waals surface area contributed by atoms with Gasteiger partial charge in [0.1, 0.15) is 5.82 Å². The maximum absolute atomic E-state index is 11.3. The predicted octanol–water partition coefficient (Wildman–Crippen LogP) is 0.628. The van der Waals surface area contributed by atoms with Crippen molar-refractivity contribution >= 4 is 11.5 Å². The standard InChI is InChI=1S/C10H13N5O/c1-6(7-2-3-7)11-8-4-5-9-12-13-10(16)15(9)14-8/h4-7H,2-3H2,1H3,(H,11,14)(H,13,16). The number of hydrogen-bond acceptors (Lipinski definition) is 4. The van der Waals surface area contributed by atoms with E-state index in [9.17, 15) is 4.79 Å². The second-order valence-electron chi connectivity index (χ2n) is 4.29. The number of nitrogens with one attached hydrogen (secondary N) is 2. The monoisotopic (exact) mass is 219 g/mol. The molecule has 2 aromatic heterocycles. The second-order valence-corrected chi connectivity index (χ2v) is 4.29. The molecule has 6 heteroatoms. The fourth-order valence-electron chi connectivity index (χ4n) is 1.83. The average Bonchev–Trinajstić information content (AvgIpc) is 3.06. The fraction of sp³-hybridized carbons (Fsp3) is 0.500. The van der Waals surface area contributed by atoms with Crippen LogP contribution in [-0.4, -0.2) is 25.9 Å². The number of fused-ring (bicyclic) bond motifs is 1. The van der Waals surface area contributed by atoms with E-state index in [0.29, 0.717) is 11.7 Å². The third kappa shape index (κ3) is 1.56. The van der Waals surface area contributed by atoms with E-state index in [-0.39, 0.29) is 5.69 Å². The van der Waals surface area contributed by atoms with Crippen LogP contribution in [0.25, 0.3) is 5.65 Å². The topological polar surface area (TPSA) is 75.1 Å². The Morgan fingerprint density at radius 3 is 3.12 bits per heavy atom. The van der Waals surface area contributed by atoms with Crippen molar-refractivity contribution in [3.05, 3.63) is 22.6 Å². The van der Waals surface area contributed by atoms with Gasteiger partial charge in [-0.15, -0.1) is 5.10 Å². The summed E-state index contributed by atoms with van der Waals surface area (Å²) in [5.41, 5.74) is 0.229. The molecule has 1 fully saturated rings. The highest BCUT2D eigenvalue weighted by molar-refractivity contribution is 5.43. The third-order valence-corrected chi connectivity index (χ3v) is 2.98. The van der Waals surface area contributed by atoms with Crippen LogP contribution in [0, 0.1) is 5.92 Å². The summed E-state index contributed by atoms with van der Waals surface area (Å²) in [6.45, 7) is 2.14. The smallest absolute Gasteiger partial charge is 0.364 e. The second kappa shape index (κ2) is 3.33. The van der Waals surface area contributed by atoms with Crippen LogP contribution in [0.1, 0.15) is 19.8 Å². The van der Waals surface area contributed by atoms with Crippen molar-refractivity contribution in [1.29, 1.82) is 0 Å². The number of aromatic amines is 1. The van der Waals surface area contributed by atoms with E-state index in [2.05, 4.69) is 27.5 Å². The molecular formula is C10H13N5O. The van der Waals surface area contributed by atoms with Gasteiger partial charge in [0, 0.05) is 6.04 Å². The molecule has 0 spiro atoms. The molecule has 1 atom stereocenters. The highest BCUT2D eigenvalue weighted by Crippen LogP contribution is 2.33. The molecule has 2 aromatic rings. The van der Waals surface area contributed by atoms with E-state index in [1.54, 1.807) is 6.07 Å². The van der Waals surface area contributed by atoms with Gasteiger partial charge in [-0.3, -0.25) is 0 Å². The van der Waals surface area contributed by atoms with Crippen molar-refractivity contribution in [3.63, 3.8) is 0 Å². The molecule has 6 nitrogen and oxygen atoms in total. The number of nitrogens with zero attached hydrogens (tertiary/aromatic N) is 3. The van der Waals surface area contributed by atoms with Crippen LogP contribution in [0.2, 0.25) is 0 Å². The number of H-pyrrole nitrogens is 1. The highest BCUT2D eigenvalue weighted by Gasteiger charge is 2.28. The van der Waals surface area contributed by atoms with Crippen LogP contribution < -0.4 is 11.0 Å².